The van der Waals surface area contributed by atoms with Crippen molar-refractivity contribution in [3.05, 3.63) is 16.3 Å². The van der Waals surface area contributed by atoms with Crippen LogP contribution in [0, 0.1) is 0 Å². The summed E-state index contributed by atoms with van der Waals surface area (Å²) in [5.41, 5.74) is 1.43. The number of aryl methyl sites for hydroxylation is 2. The molecule has 146 valence electrons. The van der Waals surface area contributed by atoms with Gasteiger partial charge in [-0.1, -0.05) is 0 Å². The number of aromatic nitrogens is 2. The lowest BCUT2D eigenvalue weighted by atomic mass is 10.2. The number of morpholine rings is 1. The normalized spacial score (nSPS) is 17.2. The van der Waals surface area contributed by atoms with Gasteiger partial charge in [-0.05, 0) is 31.2 Å². The van der Waals surface area contributed by atoms with E-state index in [1.54, 1.807) is 0 Å². The fourth-order valence-corrected chi connectivity index (χ4v) is 5.13. The van der Waals surface area contributed by atoms with Crippen LogP contribution in [0.2, 0.25) is 0 Å². The molecule has 1 saturated heterocycles. The fourth-order valence-electron chi connectivity index (χ4n) is 3.85. The van der Waals surface area contributed by atoms with Gasteiger partial charge in [-0.2, -0.15) is 0 Å². The maximum absolute atomic E-state index is 11.3. The number of rotatable bonds is 7. The summed E-state index contributed by atoms with van der Waals surface area (Å²) < 4.78 is 10.2. The van der Waals surface area contributed by atoms with Gasteiger partial charge in [0.05, 0.1) is 25.7 Å². The van der Waals surface area contributed by atoms with Crippen LogP contribution in [0.5, 0.6) is 0 Å². The Hall–Kier alpha value is -1.77. The maximum Gasteiger partial charge on any atom is 0.305 e. The average Bonchev–Trinajstić information content (AvgIpc) is 3.26. The molecule has 2 aromatic heterocycles. The molecule has 0 unspecified atom stereocenters. The maximum atomic E-state index is 11.3. The summed E-state index contributed by atoms with van der Waals surface area (Å²) >= 11 is 1.83. The van der Waals surface area contributed by atoms with Crippen LogP contribution in [0.15, 0.2) is 0 Å². The number of carbonyl (C=O) groups excluding carboxylic acids is 1. The lowest BCUT2D eigenvalue weighted by molar-refractivity contribution is -0.922. The lowest BCUT2D eigenvalue weighted by Crippen LogP contribution is -3.12. The van der Waals surface area contributed by atoms with Crippen molar-refractivity contribution in [2.24, 2.45) is 0 Å². The van der Waals surface area contributed by atoms with E-state index in [0.29, 0.717) is 13.0 Å². The second kappa shape index (κ2) is 8.50. The summed E-state index contributed by atoms with van der Waals surface area (Å²) in [6.07, 6.45) is 4.64. The summed E-state index contributed by atoms with van der Waals surface area (Å²) in [6, 6.07) is 0. The van der Waals surface area contributed by atoms with Gasteiger partial charge in [0.1, 0.15) is 30.3 Å². The molecule has 8 heteroatoms. The number of ether oxygens (including phenoxy) is 2. The highest BCUT2D eigenvalue weighted by Gasteiger charge is 2.24. The number of carbonyl (C=O) groups is 1. The first-order valence-corrected chi connectivity index (χ1v) is 10.6. The van der Waals surface area contributed by atoms with E-state index in [9.17, 15) is 4.79 Å². The minimum absolute atomic E-state index is 0.169. The highest BCUT2D eigenvalue weighted by Crippen LogP contribution is 2.39. The molecule has 27 heavy (non-hydrogen) atoms. The third kappa shape index (κ3) is 4.23. The molecule has 1 aliphatic carbocycles. The van der Waals surface area contributed by atoms with Crippen LogP contribution in [0.4, 0.5) is 5.82 Å². The molecule has 0 saturated carbocycles. The van der Waals surface area contributed by atoms with E-state index in [4.69, 9.17) is 19.4 Å². The molecule has 2 N–H and O–H groups in total. The number of quaternary nitrogens is 1. The van der Waals surface area contributed by atoms with Crippen LogP contribution in [-0.4, -0.2) is 55.9 Å². The van der Waals surface area contributed by atoms with Gasteiger partial charge in [-0.15, -0.1) is 11.3 Å². The molecule has 3 heterocycles. The first-order chi connectivity index (χ1) is 13.2. The molecule has 0 aromatic carbocycles. The number of esters is 1. The Morgan fingerprint density at radius 2 is 2.15 bits per heavy atom. The van der Waals surface area contributed by atoms with E-state index in [-0.39, 0.29) is 5.97 Å². The van der Waals surface area contributed by atoms with Crippen LogP contribution < -0.4 is 10.2 Å². The standard InChI is InChI=1S/C19H26N4O3S/c1-25-16(24)6-3-7-20-18-17-13-4-2-5-14(13)27-19(17)22-15(21-18)12-23-8-10-26-11-9-23/h2-12H2,1H3,(H,20,21,22)/p+1. The monoisotopic (exact) mass is 391 g/mol. The number of hydrogen-bond donors (Lipinski definition) is 2. The van der Waals surface area contributed by atoms with E-state index < -0.39 is 0 Å². The number of fused-ring (bicyclic) bond motifs is 3. The molecule has 0 atom stereocenters. The zero-order valence-corrected chi connectivity index (χ0v) is 16.6. The number of nitrogens with one attached hydrogen (secondary N) is 2. The summed E-state index contributed by atoms with van der Waals surface area (Å²) in [4.78, 5) is 25.2. The smallest absolute Gasteiger partial charge is 0.305 e. The Balaban J connectivity index is 1.55. The molecule has 0 radical (unpaired) electrons. The summed E-state index contributed by atoms with van der Waals surface area (Å²) in [5.74, 6) is 1.67. The average molecular weight is 392 g/mol. The van der Waals surface area contributed by atoms with Crippen molar-refractivity contribution in [2.75, 3.05) is 45.3 Å². The summed E-state index contributed by atoms with van der Waals surface area (Å²) in [7, 11) is 1.43. The fraction of sp³-hybridized carbons (Fsp3) is 0.632. The largest absolute Gasteiger partial charge is 0.469 e. The molecular formula is C19H27N4O3S+. The summed E-state index contributed by atoms with van der Waals surface area (Å²) in [6.45, 7) is 5.16. The molecule has 1 fully saturated rings. The molecule has 4 rings (SSSR count). The highest BCUT2D eigenvalue weighted by atomic mass is 32.1. The predicted molar refractivity (Wildman–Crippen MR) is 104 cm³/mol. The quantitative estimate of drug-likeness (QED) is 0.541. The number of thiophene rings is 1. The van der Waals surface area contributed by atoms with Gasteiger partial charge in [0.2, 0.25) is 0 Å². The van der Waals surface area contributed by atoms with Crippen LogP contribution in [0.3, 0.4) is 0 Å². The lowest BCUT2D eigenvalue weighted by Gasteiger charge is -2.23. The third-order valence-corrected chi connectivity index (χ3v) is 6.48. The molecule has 1 aliphatic heterocycles. The van der Waals surface area contributed by atoms with Gasteiger partial charge < -0.3 is 19.7 Å². The van der Waals surface area contributed by atoms with Crippen molar-refractivity contribution in [2.45, 2.75) is 38.6 Å². The predicted octanol–water partition coefficient (Wildman–Crippen LogP) is 0.960. The van der Waals surface area contributed by atoms with Gasteiger partial charge in [0, 0.05) is 17.8 Å². The Morgan fingerprint density at radius 1 is 1.30 bits per heavy atom. The molecule has 0 bridgehead atoms. The van der Waals surface area contributed by atoms with Gasteiger partial charge in [0.15, 0.2) is 5.82 Å². The van der Waals surface area contributed by atoms with Crippen molar-refractivity contribution in [3.63, 3.8) is 0 Å². The van der Waals surface area contributed by atoms with Crippen molar-refractivity contribution < 1.29 is 19.2 Å². The van der Waals surface area contributed by atoms with Crippen LogP contribution in [-0.2, 0) is 33.7 Å². The Kier molecular flexibility index (Phi) is 5.85. The number of anilines is 1. The number of methoxy groups -OCH3 is 1. The van der Waals surface area contributed by atoms with E-state index in [0.717, 1.165) is 68.6 Å². The minimum atomic E-state index is -0.169. The topological polar surface area (TPSA) is 77.8 Å². The minimum Gasteiger partial charge on any atom is -0.469 e. The van der Waals surface area contributed by atoms with Gasteiger partial charge in [0.25, 0.3) is 0 Å². The molecule has 2 aromatic rings. The molecular weight excluding hydrogens is 364 g/mol. The van der Waals surface area contributed by atoms with Gasteiger partial charge in [-0.3, -0.25) is 4.79 Å². The van der Waals surface area contributed by atoms with Crippen LogP contribution >= 0.6 is 11.3 Å². The Bertz CT molecular complexity index is 817. The highest BCUT2D eigenvalue weighted by molar-refractivity contribution is 7.19. The first kappa shape index (κ1) is 18.6. The van der Waals surface area contributed by atoms with Crippen LogP contribution in [0.1, 0.15) is 35.5 Å². The Morgan fingerprint density at radius 3 is 2.96 bits per heavy atom. The zero-order chi connectivity index (χ0) is 18.6. The van der Waals surface area contributed by atoms with Crippen molar-refractivity contribution in [1.82, 2.24) is 9.97 Å². The SMILES string of the molecule is COC(=O)CCCNc1nc(C[NH+]2CCOCC2)nc2sc3c(c12)CCC3. The Labute approximate surface area is 163 Å². The second-order valence-corrected chi connectivity index (χ2v) is 8.26. The zero-order valence-electron chi connectivity index (χ0n) is 15.8. The van der Waals surface area contributed by atoms with Gasteiger partial charge in [-0.25, -0.2) is 9.97 Å². The number of hydrogen-bond acceptors (Lipinski definition) is 7. The van der Waals surface area contributed by atoms with Crippen molar-refractivity contribution in [3.8, 4) is 0 Å². The molecule has 0 spiro atoms. The summed E-state index contributed by atoms with van der Waals surface area (Å²) in [5, 5.41) is 4.67. The van der Waals surface area contributed by atoms with E-state index in [1.807, 2.05) is 11.3 Å². The first-order valence-electron chi connectivity index (χ1n) is 9.77. The van der Waals surface area contributed by atoms with E-state index >= 15 is 0 Å². The van der Waals surface area contributed by atoms with Crippen LogP contribution in [0.25, 0.3) is 10.2 Å². The van der Waals surface area contributed by atoms with Gasteiger partial charge >= 0.3 is 5.97 Å². The van der Waals surface area contributed by atoms with Crippen molar-refractivity contribution in [1.29, 1.82) is 0 Å². The number of nitrogens with zero attached hydrogens (tertiary/aromatic N) is 2. The molecule has 2 aliphatic rings. The molecule has 7 nitrogen and oxygen atoms in total. The van der Waals surface area contributed by atoms with E-state index in [2.05, 4.69) is 5.32 Å². The van der Waals surface area contributed by atoms with E-state index in [1.165, 1.54) is 34.3 Å². The second-order valence-electron chi connectivity index (χ2n) is 7.17. The molecule has 0 amide bonds. The van der Waals surface area contributed by atoms with Crippen molar-refractivity contribution >= 4 is 33.3 Å². The third-order valence-electron chi connectivity index (χ3n) is 5.30.